The molecule has 7 nitrogen and oxygen atoms in total. The average molecular weight is 308 g/mol. The van der Waals surface area contributed by atoms with Gasteiger partial charge in [-0.1, -0.05) is 0 Å². The van der Waals surface area contributed by atoms with Crippen molar-refractivity contribution < 1.29 is 14.4 Å². The number of rotatable bonds is 4. The molecule has 22 heavy (non-hydrogen) atoms. The molecule has 0 aliphatic carbocycles. The van der Waals surface area contributed by atoms with Crippen LogP contribution < -0.4 is 10.6 Å². The van der Waals surface area contributed by atoms with Gasteiger partial charge in [0.15, 0.2) is 5.78 Å². The molecule has 3 aliphatic heterocycles. The van der Waals surface area contributed by atoms with E-state index in [2.05, 4.69) is 10.6 Å². The van der Waals surface area contributed by atoms with Crippen molar-refractivity contribution in [1.82, 2.24) is 20.4 Å². The number of hydrogen-bond acceptors (Lipinski definition) is 4. The zero-order valence-corrected chi connectivity index (χ0v) is 13.0. The zero-order chi connectivity index (χ0) is 15.7. The molecular formula is C15H24N4O3. The topological polar surface area (TPSA) is 81.8 Å². The Bertz CT molecular complexity index is 475. The summed E-state index contributed by atoms with van der Waals surface area (Å²) >= 11 is 0. The maximum atomic E-state index is 12.3. The number of nitrogens with zero attached hydrogens (tertiary/aromatic N) is 2. The maximum Gasteiger partial charge on any atom is 0.320 e. The Kier molecular flexibility index (Phi) is 4.33. The highest BCUT2D eigenvalue weighted by Gasteiger charge is 2.45. The molecule has 0 unspecified atom stereocenters. The summed E-state index contributed by atoms with van der Waals surface area (Å²) in [5, 5.41) is 5.95. The lowest BCUT2D eigenvalue weighted by molar-refractivity contribution is -0.130. The van der Waals surface area contributed by atoms with Gasteiger partial charge in [-0.15, -0.1) is 0 Å². The molecule has 2 bridgehead atoms. The zero-order valence-electron chi connectivity index (χ0n) is 13.0. The van der Waals surface area contributed by atoms with Gasteiger partial charge in [-0.25, -0.2) is 4.79 Å². The van der Waals surface area contributed by atoms with Gasteiger partial charge >= 0.3 is 6.03 Å². The predicted octanol–water partition coefficient (Wildman–Crippen LogP) is -0.430. The summed E-state index contributed by atoms with van der Waals surface area (Å²) in [5.74, 6) is -0.109. The Morgan fingerprint density at radius 1 is 1.32 bits per heavy atom. The van der Waals surface area contributed by atoms with Crippen molar-refractivity contribution in [1.29, 1.82) is 0 Å². The maximum absolute atomic E-state index is 12.3. The number of likely N-dealkylation sites (N-methyl/N-ethyl adjacent to an activating group) is 1. The normalized spacial score (nSPS) is 31.3. The van der Waals surface area contributed by atoms with Gasteiger partial charge in [-0.3, -0.25) is 9.59 Å². The molecule has 0 aromatic carbocycles. The summed E-state index contributed by atoms with van der Waals surface area (Å²) < 4.78 is 0. The Balaban J connectivity index is 1.51. The summed E-state index contributed by atoms with van der Waals surface area (Å²) in [6.07, 6.45) is 3.41. The fourth-order valence-corrected chi connectivity index (χ4v) is 3.67. The van der Waals surface area contributed by atoms with E-state index in [9.17, 15) is 14.4 Å². The van der Waals surface area contributed by atoms with Gasteiger partial charge in [0.2, 0.25) is 5.91 Å². The highest BCUT2D eigenvalue weighted by molar-refractivity contribution is 5.92. The molecule has 3 heterocycles. The largest absolute Gasteiger partial charge is 0.347 e. The van der Waals surface area contributed by atoms with Crippen LogP contribution in [0.15, 0.2) is 0 Å². The Labute approximate surface area is 130 Å². The third-order valence-corrected chi connectivity index (χ3v) is 5.14. The molecule has 0 saturated carbocycles. The number of fused-ring (bicyclic) bond motifs is 2. The summed E-state index contributed by atoms with van der Waals surface area (Å²) in [4.78, 5) is 39.9. The second kappa shape index (κ2) is 6.24. The van der Waals surface area contributed by atoms with Gasteiger partial charge in [0.1, 0.15) is 6.04 Å². The molecule has 0 aromatic rings. The first-order chi connectivity index (χ1) is 10.6. The Morgan fingerprint density at radius 2 is 2.14 bits per heavy atom. The van der Waals surface area contributed by atoms with Gasteiger partial charge in [0, 0.05) is 26.1 Å². The van der Waals surface area contributed by atoms with Crippen LogP contribution >= 0.6 is 0 Å². The average Bonchev–Trinajstić information content (AvgIpc) is 2.78. The van der Waals surface area contributed by atoms with Crippen molar-refractivity contribution >= 4 is 17.7 Å². The lowest BCUT2D eigenvalue weighted by atomic mass is 9.95. The van der Waals surface area contributed by atoms with Crippen LogP contribution in [0.2, 0.25) is 0 Å². The predicted molar refractivity (Wildman–Crippen MR) is 80.3 cm³/mol. The van der Waals surface area contributed by atoms with Crippen LogP contribution in [-0.2, 0) is 9.59 Å². The van der Waals surface area contributed by atoms with Crippen molar-refractivity contribution in [3.63, 3.8) is 0 Å². The van der Waals surface area contributed by atoms with Crippen LogP contribution in [0.4, 0.5) is 4.79 Å². The van der Waals surface area contributed by atoms with Crippen LogP contribution in [0.3, 0.4) is 0 Å². The van der Waals surface area contributed by atoms with E-state index in [0.717, 1.165) is 25.8 Å². The van der Waals surface area contributed by atoms with Crippen LogP contribution in [0.5, 0.6) is 0 Å². The molecule has 3 saturated heterocycles. The van der Waals surface area contributed by atoms with E-state index < -0.39 is 6.04 Å². The molecule has 122 valence electrons. The molecular weight excluding hydrogens is 284 g/mol. The Hall–Kier alpha value is -1.63. The Morgan fingerprint density at radius 3 is 2.86 bits per heavy atom. The monoisotopic (exact) mass is 308 g/mol. The van der Waals surface area contributed by atoms with Crippen molar-refractivity contribution in [3.05, 3.63) is 0 Å². The minimum absolute atomic E-state index is 0.00402. The van der Waals surface area contributed by atoms with E-state index in [1.165, 1.54) is 0 Å². The summed E-state index contributed by atoms with van der Waals surface area (Å²) in [6.45, 7) is 2.36. The highest BCUT2D eigenvalue weighted by Crippen LogP contribution is 2.28. The number of urea groups is 1. The van der Waals surface area contributed by atoms with Crippen LogP contribution in [0.25, 0.3) is 0 Å². The van der Waals surface area contributed by atoms with Crippen LogP contribution in [0, 0.1) is 5.92 Å². The third kappa shape index (κ3) is 2.82. The number of hydrogen-bond donors (Lipinski definition) is 2. The molecule has 3 rings (SSSR count). The first-order valence-electron chi connectivity index (χ1n) is 8.12. The molecule has 3 fully saturated rings. The van der Waals surface area contributed by atoms with Gasteiger partial charge in [-0.2, -0.15) is 0 Å². The van der Waals surface area contributed by atoms with E-state index in [0.29, 0.717) is 19.5 Å². The van der Waals surface area contributed by atoms with E-state index in [-0.39, 0.29) is 36.2 Å². The van der Waals surface area contributed by atoms with Gasteiger partial charge < -0.3 is 20.4 Å². The quantitative estimate of drug-likeness (QED) is 0.738. The molecule has 3 amide bonds. The molecule has 2 N–H and O–H groups in total. The summed E-state index contributed by atoms with van der Waals surface area (Å²) in [7, 11) is 1.78. The van der Waals surface area contributed by atoms with E-state index in [1.54, 1.807) is 16.8 Å². The minimum Gasteiger partial charge on any atom is -0.347 e. The van der Waals surface area contributed by atoms with Crippen LogP contribution in [-0.4, -0.2) is 72.8 Å². The smallest absolute Gasteiger partial charge is 0.320 e. The summed E-state index contributed by atoms with van der Waals surface area (Å²) in [5.41, 5.74) is 0. The second-order valence-electron chi connectivity index (χ2n) is 6.52. The lowest BCUT2D eigenvalue weighted by Crippen LogP contribution is -2.51. The van der Waals surface area contributed by atoms with Crippen molar-refractivity contribution in [2.75, 3.05) is 33.2 Å². The molecule has 3 atom stereocenters. The number of carbonyl (C=O) groups is 3. The fourth-order valence-electron chi connectivity index (χ4n) is 3.67. The molecule has 0 radical (unpaired) electrons. The second-order valence-corrected chi connectivity index (χ2v) is 6.52. The number of ketones is 1. The standard InChI is InChI=1S/C15H24N4O3/c1-18-11-4-5-12(19(9-11)15(18)22)14(21)17-8-13(20)10-3-2-6-16-7-10/h10-12,16H,2-9H2,1H3,(H,17,21)/t10-,11-,12+/m1/s1. The third-order valence-electron chi connectivity index (χ3n) is 5.14. The first-order valence-corrected chi connectivity index (χ1v) is 8.12. The van der Waals surface area contributed by atoms with Crippen molar-refractivity contribution in [3.8, 4) is 0 Å². The van der Waals surface area contributed by atoms with E-state index in [4.69, 9.17) is 0 Å². The van der Waals surface area contributed by atoms with Crippen LogP contribution in [0.1, 0.15) is 25.7 Å². The lowest BCUT2D eigenvalue weighted by Gasteiger charge is -2.29. The number of piperidine rings is 2. The first kappa shape index (κ1) is 15.3. The van der Waals surface area contributed by atoms with Gasteiger partial charge in [0.25, 0.3) is 0 Å². The van der Waals surface area contributed by atoms with Gasteiger partial charge in [-0.05, 0) is 32.2 Å². The van der Waals surface area contributed by atoms with Crippen molar-refractivity contribution in [2.24, 2.45) is 5.92 Å². The molecule has 0 aromatic heterocycles. The fraction of sp³-hybridized carbons (Fsp3) is 0.800. The van der Waals surface area contributed by atoms with Crippen molar-refractivity contribution in [2.45, 2.75) is 37.8 Å². The SMILES string of the molecule is CN1C(=O)N2C[C@H]1CC[C@H]2C(=O)NCC(=O)[C@@H]1CCCNC1. The highest BCUT2D eigenvalue weighted by atomic mass is 16.2. The molecule has 3 aliphatic rings. The minimum atomic E-state index is -0.425. The summed E-state index contributed by atoms with van der Waals surface area (Å²) in [6, 6.07) is -0.275. The van der Waals surface area contributed by atoms with E-state index >= 15 is 0 Å². The molecule has 7 heteroatoms. The molecule has 0 spiro atoms. The number of nitrogens with one attached hydrogen (secondary N) is 2. The van der Waals surface area contributed by atoms with E-state index in [1.807, 2.05) is 0 Å². The number of amides is 3. The number of carbonyl (C=O) groups excluding carboxylic acids is 3. The van der Waals surface area contributed by atoms with Gasteiger partial charge in [0.05, 0.1) is 12.6 Å². The number of Topliss-reactive ketones (excluding diaryl/α,β-unsaturated/α-hetero) is 1.